The molecule has 1 fully saturated rings. The quantitative estimate of drug-likeness (QED) is 0.926. The Morgan fingerprint density at radius 2 is 1.87 bits per heavy atom. The molecule has 0 amide bonds. The molecule has 120 valence electrons. The maximum atomic E-state index is 13.3. The Bertz CT molecular complexity index is 696. The molecule has 3 heterocycles. The number of hydrogen-bond acceptors (Lipinski definition) is 4. The summed E-state index contributed by atoms with van der Waals surface area (Å²) in [6.07, 6.45) is 2.86. The number of benzene rings is 1. The van der Waals surface area contributed by atoms with Crippen molar-refractivity contribution in [3.05, 3.63) is 47.2 Å². The van der Waals surface area contributed by atoms with E-state index in [-0.39, 0.29) is 5.82 Å². The zero-order chi connectivity index (χ0) is 15.6. The van der Waals surface area contributed by atoms with Crippen molar-refractivity contribution >= 4 is 0 Å². The maximum absolute atomic E-state index is 13.3. The summed E-state index contributed by atoms with van der Waals surface area (Å²) in [5, 5.41) is 3.39. The van der Waals surface area contributed by atoms with E-state index in [4.69, 9.17) is 14.7 Å². The molecule has 1 aromatic heterocycles. The first-order valence-electron chi connectivity index (χ1n) is 8.25. The van der Waals surface area contributed by atoms with Gasteiger partial charge in [-0.3, -0.25) is 0 Å². The van der Waals surface area contributed by atoms with Gasteiger partial charge >= 0.3 is 0 Å². The molecule has 0 aliphatic carbocycles. The molecule has 23 heavy (non-hydrogen) atoms. The van der Waals surface area contributed by atoms with Gasteiger partial charge < -0.3 is 10.1 Å². The van der Waals surface area contributed by atoms with Crippen molar-refractivity contribution in [2.24, 2.45) is 0 Å². The van der Waals surface area contributed by atoms with Crippen LogP contribution in [-0.4, -0.2) is 29.7 Å². The number of ether oxygens (including phenoxy) is 1. The predicted octanol–water partition coefficient (Wildman–Crippen LogP) is 2.82. The largest absolute Gasteiger partial charge is 0.381 e. The van der Waals surface area contributed by atoms with Crippen molar-refractivity contribution in [3.63, 3.8) is 0 Å². The molecule has 1 N–H and O–H groups in total. The lowest BCUT2D eigenvalue weighted by Crippen LogP contribution is -2.27. The van der Waals surface area contributed by atoms with Crippen LogP contribution in [0.15, 0.2) is 24.3 Å². The number of halogens is 1. The normalized spacial score (nSPS) is 18.7. The lowest BCUT2D eigenvalue weighted by Gasteiger charge is -2.25. The van der Waals surface area contributed by atoms with E-state index in [1.165, 1.54) is 12.1 Å². The number of hydrogen-bond donors (Lipinski definition) is 1. The van der Waals surface area contributed by atoms with Crippen LogP contribution in [0.4, 0.5) is 4.39 Å². The van der Waals surface area contributed by atoms with Crippen molar-refractivity contribution in [2.45, 2.75) is 31.7 Å². The highest BCUT2D eigenvalue weighted by molar-refractivity contribution is 5.64. The van der Waals surface area contributed by atoms with E-state index in [9.17, 15) is 4.39 Å². The summed E-state index contributed by atoms with van der Waals surface area (Å²) in [7, 11) is 0. The molecule has 4 rings (SSSR count). The summed E-state index contributed by atoms with van der Waals surface area (Å²) in [6, 6.07) is 6.60. The molecular formula is C18H20FN3O. The topological polar surface area (TPSA) is 47.0 Å². The van der Waals surface area contributed by atoms with Gasteiger partial charge in [-0.25, -0.2) is 14.4 Å². The molecule has 0 spiro atoms. The second kappa shape index (κ2) is 6.34. The third-order valence-corrected chi connectivity index (χ3v) is 4.65. The molecule has 0 bridgehead atoms. The zero-order valence-corrected chi connectivity index (χ0v) is 13.0. The van der Waals surface area contributed by atoms with E-state index >= 15 is 0 Å². The van der Waals surface area contributed by atoms with Gasteiger partial charge in [0.15, 0.2) is 0 Å². The van der Waals surface area contributed by atoms with Crippen molar-refractivity contribution < 1.29 is 9.13 Å². The number of rotatable bonds is 2. The van der Waals surface area contributed by atoms with E-state index in [0.717, 1.165) is 73.9 Å². The SMILES string of the molecule is Fc1ccc(-c2nc(C3CCOCC3)nc3c2CNCC3)cc1. The number of fused-ring (bicyclic) bond motifs is 1. The number of aromatic nitrogens is 2. The maximum Gasteiger partial charge on any atom is 0.132 e. The van der Waals surface area contributed by atoms with Crippen LogP contribution < -0.4 is 5.32 Å². The van der Waals surface area contributed by atoms with Gasteiger partial charge in [0.2, 0.25) is 0 Å². The minimum absolute atomic E-state index is 0.223. The summed E-state index contributed by atoms with van der Waals surface area (Å²) < 4.78 is 18.7. The number of nitrogens with one attached hydrogen (secondary N) is 1. The molecule has 0 unspecified atom stereocenters. The smallest absolute Gasteiger partial charge is 0.132 e. The van der Waals surface area contributed by atoms with E-state index < -0.39 is 0 Å². The Hall–Kier alpha value is -1.85. The van der Waals surface area contributed by atoms with Gasteiger partial charge in [-0.05, 0) is 37.1 Å². The van der Waals surface area contributed by atoms with Gasteiger partial charge in [0.25, 0.3) is 0 Å². The highest BCUT2D eigenvalue weighted by atomic mass is 19.1. The first-order chi connectivity index (χ1) is 11.3. The number of nitrogens with zero attached hydrogens (tertiary/aromatic N) is 2. The second-order valence-electron chi connectivity index (χ2n) is 6.18. The molecule has 5 heteroatoms. The van der Waals surface area contributed by atoms with Crippen LogP contribution in [0.3, 0.4) is 0 Å². The highest BCUT2D eigenvalue weighted by Gasteiger charge is 2.24. The van der Waals surface area contributed by atoms with Crippen LogP contribution in [-0.2, 0) is 17.7 Å². The first kappa shape index (κ1) is 14.7. The summed E-state index contributed by atoms with van der Waals surface area (Å²) >= 11 is 0. The third-order valence-electron chi connectivity index (χ3n) is 4.65. The molecular weight excluding hydrogens is 293 g/mol. The summed E-state index contributed by atoms with van der Waals surface area (Å²) in [4.78, 5) is 9.74. The van der Waals surface area contributed by atoms with Crippen LogP contribution in [0.25, 0.3) is 11.3 Å². The summed E-state index contributed by atoms with van der Waals surface area (Å²) in [6.45, 7) is 3.27. The Morgan fingerprint density at radius 3 is 2.65 bits per heavy atom. The Balaban J connectivity index is 1.80. The molecule has 0 radical (unpaired) electrons. The second-order valence-corrected chi connectivity index (χ2v) is 6.18. The molecule has 1 aromatic carbocycles. The monoisotopic (exact) mass is 313 g/mol. The van der Waals surface area contributed by atoms with Crippen LogP contribution in [0.1, 0.15) is 35.8 Å². The van der Waals surface area contributed by atoms with Crippen molar-refractivity contribution in [1.29, 1.82) is 0 Å². The molecule has 0 atom stereocenters. The van der Waals surface area contributed by atoms with E-state index in [1.54, 1.807) is 12.1 Å². The summed E-state index contributed by atoms with van der Waals surface area (Å²) in [5.74, 6) is 1.07. The first-order valence-corrected chi connectivity index (χ1v) is 8.25. The molecule has 2 aliphatic rings. The van der Waals surface area contributed by atoms with E-state index in [2.05, 4.69) is 5.32 Å². The fourth-order valence-corrected chi connectivity index (χ4v) is 3.35. The Labute approximate surface area is 135 Å². The lowest BCUT2D eigenvalue weighted by molar-refractivity contribution is 0.0835. The van der Waals surface area contributed by atoms with E-state index in [0.29, 0.717) is 5.92 Å². The van der Waals surface area contributed by atoms with Crippen LogP contribution in [0.5, 0.6) is 0 Å². The fraction of sp³-hybridized carbons (Fsp3) is 0.444. The Morgan fingerprint density at radius 1 is 1.09 bits per heavy atom. The van der Waals surface area contributed by atoms with Crippen LogP contribution in [0.2, 0.25) is 0 Å². The van der Waals surface area contributed by atoms with Crippen molar-refractivity contribution in [3.8, 4) is 11.3 Å². The average molecular weight is 313 g/mol. The molecule has 4 nitrogen and oxygen atoms in total. The minimum Gasteiger partial charge on any atom is -0.381 e. The third kappa shape index (κ3) is 2.99. The van der Waals surface area contributed by atoms with Gasteiger partial charge in [-0.15, -0.1) is 0 Å². The standard InChI is InChI=1S/C18H20FN3O/c19-14-3-1-12(2-4-14)17-15-11-20-8-5-16(15)21-18(22-17)13-6-9-23-10-7-13/h1-4,13,20H,5-11H2. The van der Waals surface area contributed by atoms with Crippen molar-refractivity contribution in [2.75, 3.05) is 19.8 Å². The van der Waals surface area contributed by atoms with Crippen LogP contribution >= 0.6 is 0 Å². The molecule has 1 saturated heterocycles. The zero-order valence-electron chi connectivity index (χ0n) is 13.0. The van der Waals surface area contributed by atoms with Gasteiger partial charge in [0, 0.05) is 49.8 Å². The van der Waals surface area contributed by atoms with Gasteiger partial charge in [-0.1, -0.05) is 0 Å². The molecule has 0 saturated carbocycles. The van der Waals surface area contributed by atoms with Crippen LogP contribution in [0, 0.1) is 5.82 Å². The molecule has 2 aromatic rings. The summed E-state index contributed by atoms with van der Waals surface area (Å²) in [5.41, 5.74) is 4.20. The van der Waals surface area contributed by atoms with Gasteiger partial charge in [0.1, 0.15) is 11.6 Å². The van der Waals surface area contributed by atoms with Gasteiger partial charge in [0.05, 0.1) is 11.4 Å². The fourth-order valence-electron chi connectivity index (χ4n) is 3.35. The van der Waals surface area contributed by atoms with Crippen molar-refractivity contribution in [1.82, 2.24) is 15.3 Å². The average Bonchev–Trinajstić information content (AvgIpc) is 2.62. The Kier molecular flexibility index (Phi) is 4.06. The van der Waals surface area contributed by atoms with E-state index in [1.807, 2.05) is 0 Å². The molecule has 2 aliphatic heterocycles. The van der Waals surface area contributed by atoms with Gasteiger partial charge in [-0.2, -0.15) is 0 Å². The highest BCUT2D eigenvalue weighted by Crippen LogP contribution is 2.31. The lowest BCUT2D eigenvalue weighted by atomic mass is 9.96. The minimum atomic E-state index is -0.223. The predicted molar refractivity (Wildman–Crippen MR) is 85.6 cm³/mol.